The van der Waals surface area contributed by atoms with Crippen LogP contribution in [0.1, 0.15) is 24.7 Å². The molecule has 0 aliphatic rings. The lowest BCUT2D eigenvalue weighted by atomic mass is 10.2. The van der Waals surface area contributed by atoms with Crippen molar-refractivity contribution in [1.29, 1.82) is 0 Å². The van der Waals surface area contributed by atoms with Crippen molar-refractivity contribution in [3.05, 3.63) is 59.8 Å². The van der Waals surface area contributed by atoms with Crippen LogP contribution < -0.4 is 10.6 Å². The molecule has 0 aliphatic heterocycles. The molecule has 0 saturated carbocycles. The number of hydrogen-bond acceptors (Lipinski definition) is 2. The predicted molar refractivity (Wildman–Crippen MR) is 102 cm³/mol. The van der Waals surface area contributed by atoms with Gasteiger partial charge in [-0.3, -0.25) is 0 Å². The molecule has 2 rings (SSSR count). The van der Waals surface area contributed by atoms with Gasteiger partial charge < -0.3 is 15.1 Å². The van der Waals surface area contributed by atoms with Gasteiger partial charge in [0.25, 0.3) is 0 Å². The van der Waals surface area contributed by atoms with Gasteiger partial charge in [0.15, 0.2) is 5.96 Å². The first kappa shape index (κ1) is 19.5. The molecular weight excluding hydrogens is 408 g/mol. The quantitative estimate of drug-likeness (QED) is 0.399. The molecule has 0 amide bonds. The van der Waals surface area contributed by atoms with Gasteiger partial charge in [-0.05, 0) is 24.6 Å². The molecule has 0 bridgehead atoms. The Morgan fingerprint density at radius 2 is 1.91 bits per heavy atom. The first-order chi connectivity index (χ1) is 10.8. The summed E-state index contributed by atoms with van der Waals surface area (Å²) >= 11 is 0. The largest absolute Gasteiger partial charge is 0.469 e. The maximum Gasteiger partial charge on any atom is 0.191 e. The number of nitrogens with one attached hydrogen (secondary N) is 2. The van der Waals surface area contributed by atoms with Crippen LogP contribution in [-0.2, 0) is 13.0 Å². The van der Waals surface area contributed by atoms with Crippen LogP contribution in [0.4, 0.5) is 4.39 Å². The zero-order valence-corrected chi connectivity index (χ0v) is 15.5. The van der Waals surface area contributed by atoms with E-state index in [4.69, 9.17) is 4.42 Å². The molecule has 6 heteroatoms. The Bertz CT molecular complexity index is 587. The van der Waals surface area contributed by atoms with E-state index in [1.807, 2.05) is 18.2 Å². The monoisotopic (exact) mass is 431 g/mol. The summed E-state index contributed by atoms with van der Waals surface area (Å²) < 4.78 is 18.9. The van der Waals surface area contributed by atoms with Gasteiger partial charge in [-0.2, -0.15) is 0 Å². The van der Waals surface area contributed by atoms with Crippen molar-refractivity contribution in [2.75, 3.05) is 13.1 Å². The third kappa shape index (κ3) is 7.02. The van der Waals surface area contributed by atoms with Crippen molar-refractivity contribution in [2.45, 2.75) is 26.3 Å². The molecule has 0 unspecified atom stereocenters. The zero-order valence-electron chi connectivity index (χ0n) is 13.2. The van der Waals surface area contributed by atoms with Gasteiger partial charge in [-0.1, -0.05) is 25.1 Å². The highest BCUT2D eigenvalue weighted by atomic mass is 127. The second-order valence-electron chi connectivity index (χ2n) is 4.94. The highest BCUT2D eigenvalue weighted by Gasteiger charge is 2.02. The summed E-state index contributed by atoms with van der Waals surface area (Å²) in [7, 11) is 0. The smallest absolute Gasteiger partial charge is 0.191 e. The molecule has 0 fully saturated rings. The van der Waals surface area contributed by atoms with Crippen molar-refractivity contribution in [3.8, 4) is 0 Å². The Kier molecular flexibility index (Phi) is 9.35. The summed E-state index contributed by atoms with van der Waals surface area (Å²) in [5.41, 5.74) is 0.589. The zero-order chi connectivity index (χ0) is 15.6. The van der Waals surface area contributed by atoms with Gasteiger partial charge in [0.2, 0.25) is 0 Å². The normalized spacial score (nSPS) is 11.0. The first-order valence-corrected chi connectivity index (χ1v) is 7.57. The fraction of sp³-hybridized carbons (Fsp3) is 0.353. The third-order valence-corrected chi connectivity index (χ3v) is 3.15. The molecule has 1 aromatic carbocycles. The molecular formula is C17H23FIN3O. The Hall–Kier alpha value is -1.57. The standard InChI is InChI=1S/C17H22FN3O.HI/c1-2-10-19-17(20-11-9-15-7-5-12-22-15)21-13-14-6-3-4-8-16(14)18;/h3-8,12H,2,9-11,13H2,1H3,(H2,19,20,21);1H. The van der Waals surface area contributed by atoms with Gasteiger partial charge in [0.05, 0.1) is 12.8 Å². The van der Waals surface area contributed by atoms with Gasteiger partial charge in [0.1, 0.15) is 11.6 Å². The topological polar surface area (TPSA) is 49.6 Å². The van der Waals surface area contributed by atoms with Gasteiger partial charge in [-0.25, -0.2) is 9.38 Å². The van der Waals surface area contributed by atoms with Crippen LogP contribution >= 0.6 is 24.0 Å². The van der Waals surface area contributed by atoms with Crippen molar-refractivity contribution < 1.29 is 8.81 Å². The van der Waals surface area contributed by atoms with E-state index in [0.717, 1.165) is 25.1 Å². The fourth-order valence-electron chi connectivity index (χ4n) is 1.97. The van der Waals surface area contributed by atoms with Crippen LogP contribution in [0.5, 0.6) is 0 Å². The molecule has 2 aromatic rings. The van der Waals surface area contributed by atoms with Gasteiger partial charge in [0, 0.05) is 25.1 Å². The summed E-state index contributed by atoms with van der Waals surface area (Å²) in [5.74, 6) is 1.39. The van der Waals surface area contributed by atoms with Crippen LogP contribution in [0.15, 0.2) is 52.1 Å². The van der Waals surface area contributed by atoms with Crippen molar-refractivity contribution in [1.82, 2.24) is 10.6 Å². The van der Waals surface area contributed by atoms with E-state index >= 15 is 0 Å². The van der Waals surface area contributed by atoms with Gasteiger partial charge >= 0.3 is 0 Å². The summed E-state index contributed by atoms with van der Waals surface area (Å²) in [6.45, 7) is 3.93. The Labute approximate surface area is 153 Å². The molecule has 23 heavy (non-hydrogen) atoms. The first-order valence-electron chi connectivity index (χ1n) is 7.57. The number of furan rings is 1. The van der Waals surface area contributed by atoms with E-state index in [1.54, 1.807) is 18.4 Å². The highest BCUT2D eigenvalue weighted by Crippen LogP contribution is 2.07. The maximum absolute atomic E-state index is 13.6. The molecule has 1 heterocycles. The van der Waals surface area contributed by atoms with E-state index in [2.05, 4.69) is 22.5 Å². The Balaban J connectivity index is 0.00000264. The number of benzene rings is 1. The molecule has 0 spiro atoms. The fourth-order valence-corrected chi connectivity index (χ4v) is 1.97. The van der Waals surface area contributed by atoms with Crippen LogP contribution in [0.2, 0.25) is 0 Å². The molecule has 0 aliphatic carbocycles. The molecule has 4 nitrogen and oxygen atoms in total. The SMILES string of the molecule is CCCNC(=NCc1ccccc1F)NCCc1ccco1.I. The lowest BCUT2D eigenvalue weighted by molar-refractivity contribution is 0.506. The summed E-state index contributed by atoms with van der Waals surface area (Å²) in [5, 5.41) is 6.46. The lowest BCUT2D eigenvalue weighted by Gasteiger charge is -2.11. The minimum absolute atomic E-state index is 0. The van der Waals surface area contributed by atoms with Crippen LogP contribution in [0.3, 0.4) is 0 Å². The molecule has 0 saturated heterocycles. The molecule has 0 atom stereocenters. The van der Waals surface area contributed by atoms with Crippen molar-refractivity contribution >= 4 is 29.9 Å². The third-order valence-electron chi connectivity index (χ3n) is 3.15. The average Bonchev–Trinajstić information content (AvgIpc) is 3.04. The van der Waals surface area contributed by atoms with E-state index in [-0.39, 0.29) is 29.8 Å². The van der Waals surface area contributed by atoms with Crippen LogP contribution in [0, 0.1) is 5.82 Å². The summed E-state index contributed by atoms with van der Waals surface area (Å²) in [4.78, 5) is 4.43. The number of guanidine groups is 1. The minimum Gasteiger partial charge on any atom is -0.469 e. The van der Waals surface area contributed by atoms with Crippen molar-refractivity contribution in [3.63, 3.8) is 0 Å². The number of nitrogens with zero attached hydrogens (tertiary/aromatic N) is 1. The summed E-state index contributed by atoms with van der Waals surface area (Å²) in [6, 6.07) is 10.5. The average molecular weight is 431 g/mol. The summed E-state index contributed by atoms with van der Waals surface area (Å²) in [6.07, 6.45) is 3.44. The molecule has 2 N–H and O–H groups in total. The second-order valence-corrected chi connectivity index (χ2v) is 4.94. The van der Waals surface area contributed by atoms with Crippen molar-refractivity contribution in [2.24, 2.45) is 4.99 Å². The van der Waals surface area contributed by atoms with Crippen LogP contribution in [0.25, 0.3) is 0 Å². The predicted octanol–water partition coefficient (Wildman–Crippen LogP) is 3.72. The Morgan fingerprint density at radius 3 is 2.61 bits per heavy atom. The van der Waals surface area contributed by atoms with E-state index < -0.39 is 0 Å². The van der Waals surface area contributed by atoms with E-state index in [1.165, 1.54) is 6.07 Å². The molecule has 126 valence electrons. The van der Waals surface area contributed by atoms with E-state index in [9.17, 15) is 4.39 Å². The number of hydrogen-bond donors (Lipinski definition) is 2. The van der Waals surface area contributed by atoms with E-state index in [0.29, 0.717) is 24.6 Å². The number of rotatable bonds is 7. The molecule has 0 radical (unpaired) electrons. The maximum atomic E-state index is 13.6. The molecule has 1 aromatic heterocycles. The minimum atomic E-state index is -0.225. The second kappa shape index (κ2) is 11.0. The van der Waals surface area contributed by atoms with Gasteiger partial charge in [-0.15, -0.1) is 24.0 Å². The highest BCUT2D eigenvalue weighted by molar-refractivity contribution is 14.0. The lowest BCUT2D eigenvalue weighted by Crippen LogP contribution is -2.38. The number of halogens is 2. The Morgan fingerprint density at radius 1 is 1.13 bits per heavy atom. The van der Waals surface area contributed by atoms with Crippen LogP contribution in [-0.4, -0.2) is 19.0 Å². The number of aliphatic imine (C=N–C) groups is 1.